The van der Waals surface area contributed by atoms with E-state index < -0.39 is 55.2 Å². The fourth-order valence-corrected chi connectivity index (χ4v) is 3.53. The second-order valence-electron chi connectivity index (χ2n) is 7.50. The second kappa shape index (κ2) is 9.57. The fraction of sp³-hybridized carbons (Fsp3) is 0.261. The largest absolute Gasteiger partial charge is 0.459 e. The van der Waals surface area contributed by atoms with E-state index in [2.05, 4.69) is 5.32 Å². The van der Waals surface area contributed by atoms with Crippen LogP contribution in [-0.4, -0.2) is 65.2 Å². The lowest BCUT2D eigenvalue weighted by atomic mass is 10.1. The number of carbonyl (C=O) groups is 3. The zero-order valence-electron chi connectivity index (χ0n) is 17.5. The van der Waals surface area contributed by atoms with Crippen LogP contribution in [0.15, 0.2) is 72.9 Å². The van der Waals surface area contributed by atoms with Gasteiger partial charge in [-0.25, -0.2) is 9.59 Å². The average molecular weight is 474 g/mol. The Bertz CT molecular complexity index is 1080. The van der Waals surface area contributed by atoms with E-state index in [1.165, 1.54) is 24.3 Å². The standard InChI is InChI=1S/C23H20F2N2O7/c24-23(25)18(34-20(30)15-9-5-2-6-10-15)16(13-32-19(29)14-7-3-1-4-8-14)33-21(23)27-12-11-17(28)26-22(27)31/h1-12,16,18,21-22,31H,13H2,(H,26,28)/t16-,18-,21-,22?/m1/s1. The van der Waals surface area contributed by atoms with Gasteiger partial charge in [0.05, 0.1) is 11.1 Å². The molecule has 2 aromatic rings. The number of nitrogens with zero attached hydrogens (tertiary/aromatic N) is 1. The van der Waals surface area contributed by atoms with Crippen LogP contribution in [0.1, 0.15) is 20.7 Å². The summed E-state index contributed by atoms with van der Waals surface area (Å²) in [6, 6.07) is 15.4. The molecule has 2 aliphatic rings. The summed E-state index contributed by atoms with van der Waals surface area (Å²) in [5.74, 6) is -6.36. The van der Waals surface area contributed by atoms with Crippen molar-refractivity contribution in [1.82, 2.24) is 10.2 Å². The van der Waals surface area contributed by atoms with Crippen LogP contribution in [-0.2, 0) is 19.0 Å². The SMILES string of the molecule is O=C1C=CN([C@@H]2O[C@H](COC(=O)c3ccccc3)[C@@H](OC(=O)c3ccccc3)C2(F)F)C(O)N1. The summed E-state index contributed by atoms with van der Waals surface area (Å²) in [5, 5.41) is 12.1. The van der Waals surface area contributed by atoms with Gasteiger partial charge in [-0.1, -0.05) is 36.4 Å². The number of hydrogen-bond donors (Lipinski definition) is 2. The summed E-state index contributed by atoms with van der Waals surface area (Å²) >= 11 is 0. The molecule has 1 amide bonds. The maximum Gasteiger partial charge on any atom is 0.338 e. The summed E-state index contributed by atoms with van der Waals surface area (Å²) in [6.07, 6.45) is -5.81. The summed E-state index contributed by atoms with van der Waals surface area (Å²) in [7, 11) is 0. The number of carbonyl (C=O) groups excluding carboxylic acids is 3. The third kappa shape index (κ3) is 4.75. The molecule has 1 saturated heterocycles. The fourth-order valence-electron chi connectivity index (χ4n) is 3.53. The number of hydrogen-bond acceptors (Lipinski definition) is 8. The molecule has 0 radical (unpaired) electrons. The predicted octanol–water partition coefficient (Wildman–Crippen LogP) is 1.65. The number of aliphatic hydroxyl groups excluding tert-OH is 1. The Morgan fingerprint density at radius 1 is 1.03 bits per heavy atom. The molecule has 4 rings (SSSR count). The van der Waals surface area contributed by atoms with Gasteiger partial charge in [-0.15, -0.1) is 0 Å². The van der Waals surface area contributed by atoms with Gasteiger partial charge < -0.3 is 29.5 Å². The minimum absolute atomic E-state index is 0.0342. The Morgan fingerprint density at radius 2 is 1.62 bits per heavy atom. The number of ether oxygens (including phenoxy) is 3. The molecule has 0 aromatic heterocycles. The normalized spacial score (nSPS) is 25.5. The van der Waals surface area contributed by atoms with E-state index in [9.17, 15) is 19.5 Å². The van der Waals surface area contributed by atoms with Crippen molar-refractivity contribution in [3.63, 3.8) is 0 Å². The van der Waals surface area contributed by atoms with Crippen molar-refractivity contribution in [3.05, 3.63) is 84.1 Å². The second-order valence-corrected chi connectivity index (χ2v) is 7.50. The van der Waals surface area contributed by atoms with Crippen LogP contribution in [0.4, 0.5) is 8.78 Å². The molecular weight excluding hydrogens is 454 g/mol. The highest BCUT2D eigenvalue weighted by Gasteiger charge is 2.64. The Morgan fingerprint density at radius 3 is 2.21 bits per heavy atom. The van der Waals surface area contributed by atoms with Gasteiger partial charge in [-0.2, -0.15) is 8.78 Å². The Labute approximate surface area is 192 Å². The van der Waals surface area contributed by atoms with E-state index >= 15 is 8.78 Å². The molecule has 4 atom stereocenters. The average Bonchev–Trinajstić information content (AvgIpc) is 3.08. The Kier molecular flexibility index (Phi) is 6.57. The third-order valence-electron chi connectivity index (χ3n) is 5.20. The number of nitrogens with one attached hydrogen (secondary N) is 1. The molecule has 1 unspecified atom stereocenters. The quantitative estimate of drug-likeness (QED) is 0.608. The summed E-state index contributed by atoms with van der Waals surface area (Å²) < 4.78 is 46.6. The molecular formula is C23H20F2N2O7. The van der Waals surface area contributed by atoms with Crippen molar-refractivity contribution in [3.8, 4) is 0 Å². The number of halogens is 2. The third-order valence-corrected chi connectivity index (χ3v) is 5.20. The molecule has 0 aliphatic carbocycles. The lowest BCUT2D eigenvalue weighted by molar-refractivity contribution is -0.195. The van der Waals surface area contributed by atoms with Gasteiger partial charge in [-0.05, 0) is 24.3 Å². The molecule has 2 aliphatic heterocycles. The summed E-state index contributed by atoms with van der Waals surface area (Å²) in [6.45, 7) is -0.660. The Balaban J connectivity index is 1.57. The smallest absolute Gasteiger partial charge is 0.338 e. The lowest BCUT2D eigenvalue weighted by Crippen LogP contribution is -2.58. The molecule has 0 spiro atoms. The minimum Gasteiger partial charge on any atom is -0.459 e. The first-order valence-corrected chi connectivity index (χ1v) is 10.2. The number of benzene rings is 2. The topological polar surface area (TPSA) is 114 Å². The van der Waals surface area contributed by atoms with Crippen molar-refractivity contribution < 1.29 is 42.5 Å². The maximum atomic E-state index is 15.5. The van der Waals surface area contributed by atoms with Gasteiger partial charge in [0.15, 0.2) is 6.10 Å². The first-order valence-electron chi connectivity index (χ1n) is 10.2. The molecule has 178 valence electrons. The first kappa shape index (κ1) is 23.3. The number of rotatable bonds is 6. The van der Waals surface area contributed by atoms with E-state index in [-0.39, 0.29) is 11.1 Å². The van der Waals surface area contributed by atoms with Crippen molar-refractivity contribution in [2.75, 3.05) is 6.61 Å². The molecule has 9 nitrogen and oxygen atoms in total. The van der Waals surface area contributed by atoms with E-state index in [1.54, 1.807) is 36.4 Å². The van der Waals surface area contributed by atoms with Crippen LogP contribution >= 0.6 is 0 Å². The van der Waals surface area contributed by atoms with E-state index in [1.807, 2.05) is 0 Å². The zero-order chi connectivity index (χ0) is 24.3. The lowest BCUT2D eigenvalue weighted by Gasteiger charge is -2.36. The van der Waals surface area contributed by atoms with Gasteiger partial charge in [0.1, 0.15) is 12.7 Å². The number of aliphatic hydroxyl groups is 1. The molecule has 2 aromatic carbocycles. The maximum absolute atomic E-state index is 15.5. The van der Waals surface area contributed by atoms with Gasteiger partial charge in [0, 0.05) is 12.3 Å². The zero-order valence-corrected chi connectivity index (χ0v) is 17.5. The van der Waals surface area contributed by atoms with Crippen LogP contribution in [0, 0.1) is 0 Å². The monoisotopic (exact) mass is 474 g/mol. The Hall–Kier alpha value is -3.83. The van der Waals surface area contributed by atoms with E-state index in [0.717, 1.165) is 12.3 Å². The van der Waals surface area contributed by atoms with Crippen LogP contribution in [0.5, 0.6) is 0 Å². The molecule has 2 heterocycles. The highest BCUT2D eigenvalue weighted by molar-refractivity contribution is 5.90. The number of amides is 1. The highest BCUT2D eigenvalue weighted by Crippen LogP contribution is 2.41. The van der Waals surface area contributed by atoms with Gasteiger partial charge in [0.2, 0.25) is 18.5 Å². The van der Waals surface area contributed by atoms with Crippen molar-refractivity contribution in [2.45, 2.75) is 30.7 Å². The van der Waals surface area contributed by atoms with Crippen molar-refractivity contribution >= 4 is 17.8 Å². The van der Waals surface area contributed by atoms with Gasteiger partial charge in [0.25, 0.3) is 0 Å². The van der Waals surface area contributed by atoms with Crippen molar-refractivity contribution in [2.24, 2.45) is 0 Å². The predicted molar refractivity (Wildman–Crippen MR) is 111 cm³/mol. The van der Waals surface area contributed by atoms with Crippen molar-refractivity contribution in [1.29, 1.82) is 0 Å². The highest BCUT2D eigenvalue weighted by atomic mass is 19.3. The van der Waals surface area contributed by atoms with Crippen LogP contribution in [0.25, 0.3) is 0 Å². The molecule has 0 bridgehead atoms. The van der Waals surface area contributed by atoms with Crippen LogP contribution in [0.3, 0.4) is 0 Å². The van der Waals surface area contributed by atoms with E-state index in [4.69, 9.17) is 14.2 Å². The van der Waals surface area contributed by atoms with Gasteiger partial charge >= 0.3 is 17.9 Å². The molecule has 0 saturated carbocycles. The molecule has 34 heavy (non-hydrogen) atoms. The molecule has 11 heteroatoms. The number of esters is 2. The minimum atomic E-state index is -3.86. The van der Waals surface area contributed by atoms with Crippen LogP contribution < -0.4 is 5.32 Å². The first-order chi connectivity index (χ1) is 16.3. The number of alkyl halides is 2. The molecule has 2 N–H and O–H groups in total. The van der Waals surface area contributed by atoms with Crippen LogP contribution in [0.2, 0.25) is 0 Å². The summed E-state index contributed by atoms with van der Waals surface area (Å²) in [4.78, 5) is 36.9. The van der Waals surface area contributed by atoms with Gasteiger partial charge in [-0.3, -0.25) is 4.79 Å². The van der Waals surface area contributed by atoms with E-state index in [0.29, 0.717) is 4.90 Å². The summed E-state index contributed by atoms with van der Waals surface area (Å²) in [5.41, 5.74) is 0.227. The molecule has 1 fully saturated rings.